The number of hydrogen-bond acceptors (Lipinski definition) is 4. The van der Waals surface area contributed by atoms with E-state index in [1.807, 2.05) is 0 Å². The largest absolute Gasteiger partial charge is 0.495 e. The summed E-state index contributed by atoms with van der Waals surface area (Å²) in [5, 5.41) is 14.3. The van der Waals surface area contributed by atoms with Gasteiger partial charge >= 0.3 is 0 Å². The molecule has 0 fully saturated rings. The van der Waals surface area contributed by atoms with Crippen LogP contribution in [0, 0.1) is 11.3 Å². The van der Waals surface area contributed by atoms with Crippen LogP contribution in [0.4, 0.5) is 5.69 Å². The lowest BCUT2D eigenvalue weighted by molar-refractivity contribution is -0.112. The molecule has 5 nitrogen and oxygen atoms in total. The summed E-state index contributed by atoms with van der Waals surface area (Å²) in [5.74, 6) is 0.00835. The molecule has 1 rings (SSSR count). The zero-order valence-corrected chi connectivity index (χ0v) is 10.7. The third kappa shape index (κ3) is 3.40. The van der Waals surface area contributed by atoms with E-state index in [2.05, 4.69) is 10.6 Å². The average Bonchev–Trinajstić information content (AvgIpc) is 2.36. The minimum atomic E-state index is -0.506. The molecule has 1 aromatic rings. The van der Waals surface area contributed by atoms with Crippen molar-refractivity contribution in [2.75, 3.05) is 19.5 Å². The van der Waals surface area contributed by atoms with Crippen molar-refractivity contribution in [1.82, 2.24) is 5.32 Å². The summed E-state index contributed by atoms with van der Waals surface area (Å²) in [5.41, 5.74) is 0.465. The van der Waals surface area contributed by atoms with Crippen LogP contribution in [0.1, 0.15) is 0 Å². The zero-order valence-electron chi connectivity index (χ0n) is 9.95. The highest BCUT2D eigenvalue weighted by atomic mass is 35.5. The van der Waals surface area contributed by atoms with Crippen LogP contribution in [0.2, 0.25) is 5.02 Å². The lowest BCUT2D eigenvalue weighted by Crippen LogP contribution is -2.15. The summed E-state index contributed by atoms with van der Waals surface area (Å²) in [6, 6.07) is 6.60. The second-order valence-electron chi connectivity index (χ2n) is 3.26. The van der Waals surface area contributed by atoms with Crippen LogP contribution in [-0.2, 0) is 4.79 Å². The van der Waals surface area contributed by atoms with Gasteiger partial charge < -0.3 is 15.4 Å². The molecule has 0 bridgehead atoms. The summed E-state index contributed by atoms with van der Waals surface area (Å²) in [6.07, 6.45) is 1.32. The van der Waals surface area contributed by atoms with Crippen molar-refractivity contribution in [3.05, 3.63) is 35.0 Å². The number of carbonyl (C=O) groups excluding carboxylic acids is 1. The monoisotopic (exact) mass is 265 g/mol. The van der Waals surface area contributed by atoms with Crippen LogP contribution in [0.15, 0.2) is 30.0 Å². The molecule has 1 aromatic carbocycles. The average molecular weight is 266 g/mol. The van der Waals surface area contributed by atoms with Gasteiger partial charge in [-0.1, -0.05) is 11.6 Å². The van der Waals surface area contributed by atoms with E-state index in [0.29, 0.717) is 16.5 Å². The molecule has 0 saturated carbocycles. The van der Waals surface area contributed by atoms with E-state index in [1.54, 1.807) is 31.3 Å². The number of nitriles is 1. The number of nitrogens with one attached hydrogen (secondary N) is 2. The highest BCUT2D eigenvalue weighted by Gasteiger charge is 2.10. The van der Waals surface area contributed by atoms with Gasteiger partial charge in [0, 0.05) is 18.9 Å². The molecule has 1 amide bonds. The first kappa shape index (κ1) is 13.9. The van der Waals surface area contributed by atoms with Gasteiger partial charge in [0.15, 0.2) is 0 Å². The van der Waals surface area contributed by atoms with Gasteiger partial charge in [-0.15, -0.1) is 0 Å². The predicted octanol–water partition coefficient (Wildman–Crippen LogP) is 1.91. The Balaban J connectivity index is 2.86. The first-order valence-corrected chi connectivity index (χ1v) is 5.42. The van der Waals surface area contributed by atoms with Crippen LogP contribution < -0.4 is 15.4 Å². The Morgan fingerprint density at radius 1 is 1.56 bits per heavy atom. The Kier molecular flexibility index (Phi) is 5.03. The number of ether oxygens (including phenoxy) is 1. The summed E-state index contributed by atoms with van der Waals surface area (Å²) < 4.78 is 4.99. The molecular formula is C12H12ClN3O2. The van der Waals surface area contributed by atoms with Gasteiger partial charge in [0.25, 0.3) is 5.91 Å². The van der Waals surface area contributed by atoms with Gasteiger partial charge in [-0.05, 0) is 18.2 Å². The highest BCUT2D eigenvalue weighted by Crippen LogP contribution is 2.27. The van der Waals surface area contributed by atoms with E-state index in [9.17, 15) is 4.79 Å². The van der Waals surface area contributed by atoms with E-state index < -0.39 is 5.91 Å². The number of benzene rings is 1. The Labute approximate surface area is 110 Å². The highest BCUT2D eigenvalue weighted by molar-refractivity contribution is 6.32. The standard InChI is InChI=1S/C12H12ClN3O2/c1-15-7-8(6-14)12(17)16-9-3-4-11(18-2)10(13)5-9/h3-5,7,15H,1-2H3,(H,16,17)/b8-7-. The van der Waals surface area contributed by atoms with Crippen LogP contribution in [0.25, 0.3) is 0 Å². The van der Waals surface area contributed by atoms with Gasteiger partial charge in [-0.25, -0.2) is 0 Å². The maximum atomic E-state index is 11.7. The fourth-order valence-corrected chi connectivity index (χ4v) is 1.49. The molecule has 0 atom stereocenters. The van der Waals surface area contributed by atoms with Crippen LogP contribution in [-0.4, -0.2) is 20.1 Å². The van der Waals surface area contributed by atoms with Gasteiger partial charge in [0.2, 0.25) is 0 Å². The Morgan fingerprint density at radius 2 is 2.28 bits per heavy atom. The molecule has 0 spiro atoms. The van der Waals surface area contributed by atoms with Gasteiger partial charge in [-0.2, -0.15) is 5.26 Å². The molecule has 6 heteroatoms. The fraction of sp³-hybridized carbons (Fsp3) is 0.167. The third-order valence-electron chi connectivity index (χ3n) is 2.06. The number of anilines is 1. The molecule has 2 N–H and O–H groups in total. The van der Waals surface area contributed by atoms with Crippen LogP contribution in [0.3, 0.4) is 0 Å². The van der Waals surface area contributed by atoms with E-state index in [1.165, 1.54) is 13.3 Å². The van der Waals surface area contributed by atoms with Crippen LogP contribution >= 0.6 is 11.6 Å². The Bertz CT molecular complexity index is 521. The van der Waals surface area contributed by atoms with E-state index >= 15 is 0 Å². The summed E-state index contributed by atoms with van der Waals surface area (Å²) in [7, 11) is 3.11. The molecule has 0 radical (unpaired) electrons. The molecule has 0 aliphatic heterocycles. The molecule has 94 valence electrons. The summed E-state index contributed by atoms with van der Waals surface area (Å²) >= 11 is 5.92. The van der Waals surface area contributed by atoms with Gasteiger partial charge in [-0.3, -0.25) is 4.79 Å². The molecule has 0 heterocycles. The van der Waals surface area contributed by atoms with Crippen molar-refractivity contribution in [1.29, 1.82) is 5.26 Å². The second-order valence-corrected chi connectivity index (χ2v) is 3.67. The first-order valence-electron chi connectivity index (χ1n) is 5.04. The lowest BCUT2D eigenvalue weighted by atomic mass is 10.2. The quantitative estimate of drug-likeness (QED) is 0.644. The van der Waals surface area contributed by atoms with Gasteiger partial charge in [0.05, 0.1) is 12.1 Å². The van der Waals surface area contributed by atoms with Gasteiger partial charge in [0.1, 0.15) is 17.4 Å². The minimum absolute atomic E-state index is 0.0237. The van der Waals surface area contributed by atoms with E-state index in [4.69, 9.17) is 21.6 Å². The molecule has 0 aliphatic rings. The number of halogens is 1. The number of rotatable bonds is 4. The maximum absolute atomic E-state index is 11.7. The van der Waals surface area contributed by atoms with Crippen LogP contribution in [0.5, 0.6) is 5.75 Å². The molecule has 18 heavy (non-hydrogen) atoms. The molecule has 0 saturated heterocycles. The van der Waals surface area contributed by atoms with Crippen molar-refractivity contribution in [3.63, 3.8) is 0 Å². The smallest absolute Gasteiger partial charge is 0.267 e. The third-order valence-corrected chi connectivity index (χ3v) is 2.36. The summed E-state index contributed by atoms with van der Waals surface area (Å²) in [6.45, 7) is 0. The number of methoxy groups -OCH3 is 1. The number of hydrogen-bond donors (Lipinski definition) is 2. The predicted molar refractivity (Wildman–Crippen MR) is 69.4 cm³/mol. The van der Waals surface area contributed by atoms with Crippen molar-refractivity contribution < 1.29 is 9.53 Å². The Hall–Kier alpha value is -2.19. The maximum Gasteiger partial charge on any atom is 0.267 e. The fourth-order valence-electron chi connectivity index (χ4n) is 1.24. The second kappa shape index (κ2) is 6.52. The number of carbonyl (C=O) groups is 1. The molecular weight excluding hydrogens is 254 g/mol. The number of amides is 1. The lowest BCUT2D eigenvalue weighted by Gasteiger charge is -2.07. The van der Waals surface area contributed by atoms with Crippen molar-refractivity contribution in [2.24, 2.45) is 0 Å². The van der Waals surface area contributed by atoms with Crippen molar-refractivity contribution in [2.45, 2.75) is 0 Å². The van der Waals surface area contributed by atoms with E-state index in [-0.39, 0.29) is 5.57 Å². The van der Waals surface area contributed by atoms with Crippen molar-refractivity contribution >= 4 is 23.2 Å². The first-order chi connectivity index (χ1) is 8.62. The summed E-state index contributed by atoms with van der Waals surface area (Å²) in [4.78, 5) is 11.7. The van der Waals surface area contributed by atoms with Crippen molar-refractivity contribution in [3.8, 4) is 11.8 Å². The SMILES string of the molecule is CN/C=C(/C#N)C(=O)Nc1ccc(OC)c(Cl)c1. The molecule has 0 unspecified atom stereocenters. The molecule has 0 aliphatic carbocycles. The zero-order chi connectivity index (χ0) is 13.5. The topological polar surface area (TPSA) is 74.2 Å². The Morgan fingerprint density at radius 3 is 2.78 bits per heavy atom. The van der Waals surface area contributed by atoms with E-state index in [0.717, 1.165) is 0 Å². The molecule has 0 aromatic heterocycles. The minimum Gasteiger partial charge on any atom is -0.495 e. The number of nitrogens with zero attached hydrogens (tertiary/aromatic N) is 1. The normalized spacial score (nSPS) is 10.4.